The predicted octanol–water partition coefficient (Wildman–Crippen LogP) is 4.02. The summed E-state index contributed by atoms with van der Waals surface area (Å²) in [4.78, 5) is 0. The molecule has 0 spiro atoms. The highest BCUT2D eigenvalue weighted by molar-refractivity contribution is 5.26. The third-order valence-corrected chi connectivity index (χ3v) is 9.18. The first-order chi connectivity index (χ1) is 14.0. The number of aromatic amines is 1. The largest absolute Gasteiger partial charge is 0.396 e. The van der Waals surface area contributed by atoms with Crippen molar-refractivity contribution < 1.29 is 5.11 Å². The third kappa shape index (κ3) is 2.84. The number of aromatic nitrogens is 4. The van der Waals surface area contributed by atoms with Gasteiger partial charge in [-0.25, -0.2) is 0 Å². The molecule has 2 fully saturated rings. The zero-order valence-corrected chi connectivity index (χ0v) is 17.8. The summed E-state index contributed by atoms with van der Waals surface area (Å²) in [7, 11) is 0. The molecule has 2 N–H and O–H groups in total. The molecule has 5 nitrogen and oxygen atoms in total. The maximum atomic E-state index is 10.4. The van der Waals surface area contributed by atoms with Gasteiger partial charge in [-0.05, 0) is 84.7 Å². The van der Waals surface area contributed by atoms with E-state index in [0.717, 1.165) is 25.8 Å². The van der Waals surface area contributed by atoms with Gasteiger partial charge in [0, 0.05) is 31.2 Å². The highest BCUT2D eigenvalue weighted by Gasteiger charge is 2.56. The Kier molecular flexibility index (Phi) is 4.50. The van der Waals surface area contributed by atoms with Crippen LogP contribution in [0.2, 0.25) is 0 Å². The van der Waals surface area contributed by atoms with Gasteiger partial charge in [-0.2, -0.15) is 10.2 Å². The summed E-state index contributed by atoms with van der Waals surface area (Å²) in [5.74, 6) is 2.05. The van der Waals surface area contributed by atoms with Crippen LogP contribution in [0.3, 0.4) is 0 Å². The van der Waals surface area contributed by atoms with Crippen molar-refractivity contribution in [1.29, 1.82) is 0 Å². The average molecular weight is 395 g/mol. The molecular weight excluding hydrogens is 360 g/mol. The Balaban J connectivity index is 1.54. The fourth-order valence-corrected chi connectivity index (χ4v) is 7.30. The Labute approximate surface area is 173 Å². The normalized spacial score (nSPS) is 39.3. The number of aliphatic hydroxyl groups is 1. The summed E-state index contributed by atoms with van der Waals surface area (Å²) in [5, 5.41) is 22.4. The van der Waals surface area contributed by atoms with Gasteiger partial charge in [-0.15, -0.1) is 0 Å². The van der Waals surface area contributed by atoms with Gasteiger partial charge in [-0.3, -0.25) is 9.78 Å². The van der Waals surface area contributed by atoms with E-state index in [1.54, 1.807) is 0 Å². The van der Waals surface area contributed by atoms with E-state index in [2.05, 4.69) is 46.6 Å². The van der Waals surface area contributed by atoms with E-state index in [4.69, 9.17) is 0 Å². The fourth-order valence-electron chi connectivity index (χ4n) is 7.30. The molecule has 0 radical (unpaired) electrons. The van der Waals surface area contributed by atoms with Crippen molar-refractivity contribution in [2.45, 2.75) is 58.9 Å². The van der Waals surface area contributed by atoms with Crippen molar-refractivity contribution in [1.82, 2.24) is 20.0 Å². The lowest BCUT2D eigenvalue weighted by molar-refractivity contribution is -0.0634. The minimum atomic E-state index is 0.0781. The van der Waals surface area contributed by atoms with Crippen LogP contribution < -0.4 is 0 Å². The summed E-state index contributed by atoms with van der Waals surface area (Å²) in [6.45, 7) is 10.6. The minimum Gasteiger partial charge on any atom is -0.396 e. The molecule has 0 aliphatic heterocycles. The number of allylic oxidation sites excluding steroid dienone is 1. The van der Waals surface area contributed by atoms with Crippen molar-refractivity contribution in [3.8, 4) is 0 Å². The van der Waals surface area contributed by atoms with Crippen LogP contribution in [0, 0.1) is 34.5 Å². The van der Waals surface area contributed by atoms with Gasteiger partial charge in [0.1, 0.15) is 0 Å². The molecule has 3 aliphatic carbocycles. The highest BCUT2D eigenvalue weighted by atomic mass is 16.3. The molecule has 2 aromatic heterocycles. The van der Waals surface area contributed by atoms with Crippen LogP contribution in [0.25, 0.3) is 0 Å². The second-order valence-corrected chi connectivity index (χ2v) is 10.3. The van der Waals surface area contributed by atoms with Gasteiger partial charge in [0.25, 0.3) is 0 Å². The van der Waals surface area contributed by atoms with E-state index in [9.17, 15) is 5.11 Å². The number of rotatable bonds is 4. The molecule has 3 aliphatic rings. The van der Waals surface area contributed by atoms with Crippen molar-refractivity contribution in [2.24, 2.45) is 34.5 Å². The highest BCUT2D eigenvalue weighted by Crippen LogP contribution is 2.63. The van der Waals surface area contributed by atoms with E-state index in [1.807, 2.05) is 18.5 Å². The van der Waals surface area contributed by atoms with Crippen molar-refractivity contribution >= 4 is 0 Å². The summed E-state index contributed by atoms with van der Waals surface area (Å²) in [6, 6.07) is 2.03. The minimum absolute atomic E-state index is 0.0781. The molecule has 29 heavy (non-hydrogen) atoms. The summed E-state index contributed by atoms with van der Waals surface area (Å²) >= 11 is 0. The summed E-state index contributed by atoms with van der Waals surface area (Å²) in [5.41, 5.74) is 4.36. The molecule has 0 aromatic carbocycles. The Bertz CT molecular complexity index is 887. The molecule has 156 valence electrons. The quantitative estimate of drug-likeness (QED) is 0.770. The van der Waals surface area contributed by atoms with Crippen LogP contribution in [0.15, 0.2) is 36.8 Å². The van der Waals surface area contributed by atoms with Gasteiger partial charge >= 0.3 is 0 Å². The fraction of sp³-hybridized carbons (Fsp3) is 0.667. The van der Waals surface area contributed by atoms with Crippen LogP contribution >= 0.6 is 0 Å². The number of nitrogens with one attached hydrogen (secondary N) is 1. The smallest absolute Gasteiger partial charge is 0.0522 e. The van der Waals surface area contributed by atoms with E-state index < -0.39 is 0 Å². The summed E-state index contributed by atoms with van der Waals surface area (Å²) < 4.78 is 2.13. The molecule has 2 heterocycles. The van der Waals surface area contributed by atoms with Crippen LogP contribution in [0.1, 0.15) is 50.8 Å². The second-order valence-electron chi connectivity index (χ2n) is 10.3. The second kappa shape index (κ2) is 6.83. The SMILES string of the molecule is C=C1CC[C@H]2[C@H](Cn3cccn3)[C@@H]([C@@]3(C)Cc4cn[nH]c4C[C@@H]3CO)CC[C@]12C. The van der Waals surface area contributed by atoms with Crippen LogP contribution in [0.4, 0.5) is 0 Å². The first kappa shape index (κ1) is 19.1. The topological polar surface area (TPSA) is 66.7 Å². The van der Waals surface area contributed by atoms with E-state index in [1.165, 1.54) is 36.1 Å². The van der Waals surface area contributed by atoms with Crippen LogP contribution in [-0.4, -0.2) is 31.7 Å². The molecule has 0 unspecified atom stereocenters. The first-order valence-corrected chi connectivity index (χ1v) is 11.2. The summed E-state index contributed by atoms with van der Waals surface area (Å²) in [6.07, 6.45) is 12.8. The van der Waals surface area contributed by atoms with Gasteiger partial charge in [-0.1, -0.05) is 26.0 Å². The maximum Gasteiger partial charge on any atom is 0.0522 e. The van der Waals surface area contributed by atoms with Crippen LogP contribution in [-0.2, 0) is 19.4 Å². The number of hydrogen-bond donors (Lipinski definition) is 2. The average Bonchev–Trinajstić information content (AvgIpc) is 3.43. The molecule has 0 saturated heterocycles. The lowest BCUT2D eigenvalue weighted by Crippen LogP contribution is -2.52. The Hall–Kier alpha value is -1.88. The third-order valence-electron chi connectivity index (χ3n) is 9.18. The lowest BCUT2D eigenvalue weighted by atomic mass is 9.49. The molecule has 2 saturated carbocycles. The Morgan fingerprint density at radius 3 is 2.93 bits per heavy atom. The number of H-pyrrole nitrogens is 1. The van der Waals surface area contributed by atoms with Crippen molar-refractivity contribution in [2.75, 3.05) is 6.61 Å². The zero-order valence-electron chi connectivity index (χ0n) is 17.8. The van der Waals surface area contributed by atoms with Gasteiger partial charge in [0.15, 0.2) is 0 Å². The molecular formula is C24H34N4O. The number of hydrogen-bond acceptors (Lipinski definition) is 3. The monoisotopic (exact) mass is 394 g/mol. The first-order valence-electron chi connectivity index (χ1n) is 11.2. The molecule has 5 rings (SSSR count). The standard InChI is InChI=1S/C24H34N4O/c1-16-5-6-20-19(14-28-10-4-9-26-28)21(7-8-23(16,20)2)24(3)12-17-13-25-27-22(17)11-18(24)15-29/h4,9-10,13,18-21,29H,1,5-8,11-12,14-15H2,2-3H3,(H,25,27)/t18-,19+,20+,21+,23-,24+/m1/s1. The number of nitrogens with zero attached hydrogens (tertiary/aromatic N) is 3. The van der Waals surface area contributed by atoms with Gasteiger partial charge in [0.2, 0.25) is 0 Å². The number of aliphatic hydroxyl groups excluding tert-OH is 1. The molecule has 0 bridgehead atoms. The van der Waals surface area contributed by atoms with Crippen molar-refractivity contribution in [3.63, 3.8) is 0 Å². The van der Waals surface area contributed by atoms with Crippen molar-refractivity contribution in [3.05, 3.63) is 48.1 Å². The van der Waals surface area contributed by atoms with E-state index in [-0.39, 0.29) is 23.4 Å². The van der Waals surface area contributed by atoms with Gasteiger partial charge < -0.3 is 5.11 Å². The lowest BCUT2D eigenvalue weighted by Gasteiger charge is -2.56. The van der Waals surface area contributed by atoms with E-state index in [0.29, 0.717) is 17.8 Å². The predicted molar refractivity (Wildman–Crippen MR) is 113 cm³/mol. The Morgan fingerprint density at radius 2 is 2.17 bits per heavy atom. The van der Waals surface area contributed by atoms with Crippen LogP contribution in [0.5, 0.6) is 0 Å². The molecule has 0 amide bonds. The Morgan fingerprint density at radius 1 is 1.31 bits per heavy atom. The molecule has 6 atom stereocenters. The molecule has 5 heteroatoms. The maximum absolute atomic E-state index is 10.4. The zero-order chi connectivity index (χ0) is 20.2. The number of fused-ring (bicyclic) bond motifs is 2. The van der Waals surface area contributed by atoms with E-state index >= 15 is 0 Å². The molecule has 2 aromatic rings. The van der Waals surface area contributed by atoms with Gasteiger partial charge in [0.05, 0.1) is 6.20 Å².